The number of hydrogen-bond acceptors (Lipinski definition) is 5. The van der Waals surface area contributed by atoms with Gasteiger partial charge in [-0.2, -0.15) is 0 Å². The van der Waals surface area contributed by atoms with Gasteiger partial charge in [0, 0.05) is 4.66 Å². The predicted octanol–water partition coefficient (Wildman–Crippen LogP) is -4.29. The van der Waals surface area contributed by atoms with Gasteiger partial charge in [0.2, 0.25) is 0 Å². The molecule has 0 heterocycles. The molecule has 9 heavy (non-hydrogen) atoms. The monoisotopic (exact) mass is 202 g/mol. The summed E-state index contributed by atoms with van der Waals surface area (Å²) >= 11 is -5.25. The van der Waals surface area contributed by atoms with E-state index in [4.69, 9.17) is 29.9 Å². The number of halogens is 1. The van der Waals surface area contributed by atoms with Gasteiger partial charge in [0.15, 0.2) is 0 Å². The fraction of sp³-hybridized carbons (Fsp3) is 0. The molecule has 0 aliphatic carbocycles. The molecule has 0 atom stereocenters. The quantitative estimate of drug-likeness (QED) is 0.361. The molecule has 0 saturated heterocycles. The Hall–Kier alpha value is 0.222. The molecule has 0 amide bonds. The van der Waals surface area contributed by atoms with Crippen LogP contribution >= 0.6 is 0 Å². The van der Waals surface area contributed by atoms with Gasteiger partial charge in [0.1, 0.15) is 0 Å². The van der Waals surface area contributed by atoms with Crippen LogP contribution in [0.5, 0.6) is 0 Å². The normalized spacial score (nSPS) is 10.4. The Morgan fingerprint density at radius 3 is 1.22 bits per heavy atom. The minimum absolute atomic E-state index is 2.60. The van der Waals surface area contributed by atoms with E-state index in [1.807, 2.05) is 0 Å². The van der Waals surface area contributed by atoms with Gasteiger partial charge in [-0.1, -0.05) is 0 Å². The number of rotatable bonds is 0. The van der Waals surface area contributed by atoms with E-state index in [1.165, 1.54) is 0 Å². The molecule has 0 aromatic rings. The summed E-state index contributed by atoms with van der Waals surface area (Å²) in [6, 6.07) is 0. The van der Waals surface area contributed by atoms with E-state index >= 15 is 0 Å². The Morgan fingerprint density at radius 1 is 1.22 bits per heavy atom. The second-order valence-electron chi connectivity index (χ2n) is 0.649. The van der Waals surface area contributed by atoms with Crippen molar-refractivity contribution in [3.8, 4) is 0 Å². The van der Waals surface area contributed by atoms with Crippen molar-refractivity contribution in [3.63, 3.8) is 0 Å². The van der Waals surface area contributed by atoms with Crippen LogP contribution in [0.1, 0.15) is 0 Å². The van der Waals surface area contributed by atoms with Crippen LogP contribution in [0, 0.1) is 10.8 Å². The molecule has 58 valence electrons. The summed E-state index contributed by atoms with van der Waals surface area (Å²) in [5.74, 6) is 0. The summed E-state index contributed by atoms with van der Waals surface area (Å²) in [4.78, 5) is 0. The number of hydrogen-bond donors (Lipinski definition) is 3. The fourth-order valence-electron chi connectivity index (χ4n) is 0. The molecule has 0 radical (unpaired) electrons. The first-order chi connectivity index (χ1) is 3.73. The van der Waals surface area contributed by atoms with Crippen molar-refractivity contribution in [2.24, 2.45) is 0 Å². The summed E-state index contributed by atoms with van der Waals surface area (Å²) in [5, 5.41) is 0. The van der Waals surface area contributed by atoms with Gasteiger partial charge >= 0.3 is 29.5 Å². The van der Waals surface area contributed by atoms with Crippen LogP contribution < -0.4 is 9.32 Å². The maximum atomic E-state index is 8.82. The van der Waals surface area contributed by atoms with E-state index in [9.17, 15) is 0 Å². The molecule has 0 aromatic heterocycles. The Bertz CT molecular complexity index is 120. The summed E-state index contributed by atoms with van der Waals surface area (Å²) in [6.45, 7) is 0. The van der Waals surface area contributed by atoms with E-state index in [-0.39, 0.29) is 0 Å². The van der Waals surface area contributed by atoms with Crippen molar-refractivity contribution in [1.29, 1.82) is 0 Å². The predicted molar refractivity (Wildman–Crippen MR) is 8.03 cm³/mol. The first kappa shape index (κ1) is 12.0. The summed E-state index contributed by atoms with van der Waals surface area (Å²) in [7, 11) is -2.60. The molecule has 0 aromatic carbocycles. The van der Waals surface area contributed by atoms with Crippen molar-refractivity contribution < 1.29 is 54.3 Å². The minimum atomic E-state index is -5.25. The Kier molecular flexibility index (Phi) is 6.70. The van der Waals surface area contributed by atoms with E-state index < -0.39 is 24.4 Å². The van der Waals surface area contributed by atoms with Crippen LogP contribution in [0.25, 0.3) is 0 Å². The molecule has 0 aliphatic rings. The van der Waals surface area contributed by atoms with Crippen molar-refractivity contribution in [2.45, 2.75) is 0 Å². The van der Waals surface area contributed by atoms with E-state index in [0.717, 1.165) is 0 Å². The topological polar surface area (TPSA) is 141 Å². The zero-order valence-corrected chi connectivity index (χ0v) is 5.79. The third kappa shape index (κ3) is 6430. The van der Waals surface area contributed by atoms with Gasteiger partial charge in [-0.15, -0.1) is 0 Å². The Labute approximate surface area is 55.0 Å². The third-order valence-corrected chi connectivity index (χ3v) is 0. The summed E-state index contributed by atoms with van der Waals surface area (Å²) < 4.78 is 55.8. The van der Waals surface area contributed by atoms with Crippen molar-refractivity contribution >= 4 is 0 Å². The molecular formula is H3ClCrO7. The molecule has 0 rings (SSSR count). The summed E-state index contributed by atoms with van der Waals surface area (Å²) in [6.07, 6.45) is 0. The zero-order valence-electron chi connectivity index (χ0n) is 3.76. The fourth-order valence-corrected chi connectivity index (χ4v) is 0. The second-order valence-corrected chi connectivity index (χ2v) is 2.45. The summed E-state index contributed by atoms with van der Waals surface area (Å²) in [5.41, 5.74) is 0. The molecule has 0 unspecified atom stereocenters. The first-order valence-corrected chi connectivity index (χ1v) is 4.31. The first-order valence-electron chi connectivity index (χ1n) is 1.18. The molecule has 0 aliphatic heterocycles. The molecular weight excluding hydrogens is 199 g/mol. The molecule has 3 N–H and O–H groups in total. The van der Waals surface area contributed by atoms with Gasteiger partial charge in [-0.3, -0.25) is 0 Å². The molecule has 0 bridgehead atoms. The van der Waals surface area contributed by atoms with E-state index in [2.05, 4.69) is 0 Å². The van der Waals surface area contributed by atoms with Gasteiger partial charge < -0.3 is 9.32 Å². The molecule has 0 spiro atoms. The van der Waals surface area contributed by atoms with Crippen LogP contribution in [-0.4, -0.2) is 13.0 Å². The van der Waals surface area contributed by atoms with Gasteiger partial charge in [0.25, 0.3) is 10.8 Å². The Balaban J connectivity index is 0. The average molecular weight is 202 g/mol. The SMILES string of the molecule is [O-][Cl+2]([O-])O.[O]=[Cr](=[O])([OH])[OH]. The van der Waals surface area contributed by atoms with Crippen LogP contribution in [0.2, 0.25) is 0 Å². The van der Waals surface area contributed by atoms with Crippen LogP contribution in [0.3, 0.4) is 0 Å². The van der Waals surface area contributed by atoms with Gasteiger partial charge in [-0.05, 0) is 0 Å². The molecule has 9 heteroatoms. The van der Waals surface area contributed by atoms with Crippen LogP contribution in [0.15, 0.2) is 0 Å². The standard InChI is InChI=1S/ClHO3.Cr.2H2O.2O/c2-1(3)4;;;;;/h2H;;2*1H2;;/q;+2;;;;/p-2. The van der Waals surface area contributed by atoms with Crippen molar-refractivity contribution in [3.05, 3.63) is 0 Å². The van der Waals surface area contributed by atoms with Crippen LogP contribution in [-0.2, 0) is 21.2 Å². The van der Waals surface area contributed by atoms with Gasteiger partial charge in [-0.25, -0.2) is 0 Å². The van der Waals surface area contributed by atoms with E-state index in [0.29, 0.717) is 0 Å². The van der Waals surface area contributed by atoms with Crippen LogP contribution in [0.4, 0.5) is 0 Å². The Morgan fingerprint density at radius 2 is 1.22 bits per heavy atom. The van der Waals surface area contributed by atoms with Gasteiger partial charge in [0.05, 0.1) is 0 Å². The molecule has 0 fully saturated rings. The zero-order chi connectivity index (χ0) is 8.08. The van der Waals surface area contributed by atoms with E-state index in [1.54, 1.807) is 0 Å². The third-order valence-electron chi connectivity index (χ3n) is 0. The molecule has 7 nitrogen and oxygen atoms in total. The van der Waals surface area contributed by atoms with Crippen molar-refractivity contribution in [2.75, 3.05) is 0 Å². The molecule has 0 saturated carbocycles. The maximum absolute atomic E-state index is 8.82. The second kappa shape index (κ2) is 5.04. The van der Waals surface area contributed by atoms with Crippen molar-refractivity contribution in [1.82, 2.24) is 0 Å². The average Bonchev–Trinajstić information content (AvgIpc) is 1.19.